The predicted octanol–water partition coefficient (Wildman–Crippen LogP) is 3.20. The number of aryl methyl sites for hydroxylation is 1. The van der Waals surface area contributed by atoms with Gasteiger partial charge in [-0.25, -0.2) is 15.8 Å². The molecular weight excluding hydrogens is 347 g/mol. The van der Waals surface area contributed by atoms with Crippen LogP contribution in [0.1, 0.15) is 16.9 Å². The Morgan fingerprint density at radius 2 is 2.16 bits per heavy atom. The van der Waals surface area contributed by atoms with Gasteiger partial charge in [-0.3, -0.25) is 0 Å². The second-order valence-electron chi connectivity index (χ2n) is 5.31. The minimum absolute atomic E-state index is 0.00287. The monoisotopic (exact) mass is 362 g/mol. The molecule has 2 aromatic carbocycles. The van der Waals surface area contributed by atoms with E-state index in [2.05, 4.69) is 10.6 Å². The summed E-state index contributed by atoms with van der Waals surface area (Å²) in [5.74, 6) is 6.06. The van der Waals surface area contributed by atoms with Gasteiger partial charge < -0.3 is 14.9 Å². The SMILES string of the molecule is Cc1oc2ccc(OCc3c(F)cccc3Cl)cc2c1/C(N)=N/NN. The van der Waals surface area contributed by atoms with Crippen LogP contribution in [0.25, 0.3) is 11.0 Å². The Morgan fingerprint density at radius 3 is 2.88 bits per heavy atom. The van der Waals surface area contributed by atoms with Crippen LogP contribution < -0.4 is 21.8 Å². The number of amidine groups is 1. The molecule has 3 aromatic rings. The molecule has 25 heavy (non-hydrogen) atoms. The maximum Gasteiger partial charge on any atom is 0.156 e. The van der Waals surface area contributed by atoms with Gasteiger partial charge in [0.1, 0.15) is 29.5 Å². The third-order valence-electron chi connectivity index (χ3n) is 3.72. The molecule has 0 atom stereocenters. The highest BCUT2D eigenvalue weighted by Gasteiger charge is 2.16. The second-order valence-corrected chi connectivity index (χ2v) is 5.71. The van der Waals surface area contributed by atoms with Crippen molar-refractivity contribution in [3.63, 3.8) is 0 Å². The van der Waals surface area contributed by atoms with Gasteiger partial charge in [0.05, 0.1) is 10.6 Å². The Bertz CT molecular complexity index is 935. The zero-order chi connectivity index (χ0) is 18.0. The Morgan fingerprint density at radius 1 is 1.36 bits per heavy atom. The van der Waals surface area contributed by atoms with E-state index in [0.29, 0.717) is 38.6 Å². The third kappa shape index (κ3) is 3.38. The number of fused-ring (bicyclic) bond motifs is 1. The summed E-state index contributed by atoms with van der Waals surface area (Å²) >= 11 is 6.01. The van der Waals surface area contributed by atoms with E-state index in [1.807, 2.05) is 0 Å². The highest BCUT2D eigenvalue weighted by Crippen LogP contribution is 2.30. The molecule has 0 saturated heterocycles. The number of nitrogens with two attached hydrogens (primary N) is 2. The van der Waals surface area contributed by atoms with E-state index in [0.717, 1.165) is 0 Å². The molecule has 0 aliphatic carbocycles. The Kier molecular flexibility index (Phi) is 4.78. The van der Waals surface area contributed by atoms with Gasteiger partial charge in [0.25, 0.3) is 0 Å². The minimum Gasteiger partial charge on any atom is -0.489 e. The summed E-state index contributed by atoms with van der Waals surface area (Å²) < 4.78 is 25.2. The minimum atomic E-state index is -0.418. The van der Waals surface area contributed by atoms with Crippen LogP contribution in [-0.4, -0.2) is 5.84 Å². The van der Waals surface area contributed by atoms with Crippen LogP contribution >= 0.6 is 11.6 Å². The first-order valence-electron chi connectivity index (χ1n) is 7.39. The average molecular weight is 363 g/mol. The largest absolute Gasteiger partial charge is 0.489 e. The van der Waals surface area contributed by atoms with Crippen LogP contribution in [0.4, 0.5) is 4.39 Å². The number of hydrazone groups is 1. The van der Waals surface area contributed by atoms with Gasteiger partial charge >= 0.3 is 0 Å². The lowest BCUT2D eigenvalue weighted by atomic mass is 10.1. The van der Waals surface area contributed by atoms with E-state index in [-0.39, 0.29) is 12.4 Å². The molecule has 1 aromatic heterocycles. The number of furan rings is 1. The number of nitrogens with zero attached hydrogens (tertiary/aromatic N) is 1. The van der Waals surface area contributed by atoms with Crippen LogP contribution in [0.2, 0.25) is 5.02 Å². The van der Waals surface area contributed by atoms with Crippen LogP contribution in [0.3, 0.4) is 0 Å². The second kappa shape index (κ2) is 7.00. The lowest BCUT2D eigenvalue weighted by Gasteiger charge is -2.09. The van der Waals surface area contributed by atoms with Crippen molar-refractivity contribution < 1.29 is 13.5 Å². The van der Waals surface area contributed by atoms with Crippen LogP contribution in [0.15, 0.2) is 45.9 Å². The van der Waals surface area contributed by atoms with Gasteiger partial charge in [0.15, 0.2) is 5.84 Å². The van der Waals surface area contributed by atoms with E-state index >= 15 is 0 Å². The fraction of sp³-hybridized carbons (Fsp3) is 0.118. The van der Waals surface area contributed by atoms with Crippen molar-refractivity contribution in [3.8, 4) is 5.75 Å². The van der Waals surface area contributed by atoms with Gasteiger partial charge in [0, 0.05) is 10.9 Å². The Balaban J connectivity index is 1.93. The van der Waals surface area contributed by atoms with E-state index in [4.69, 9.17) is 32.3 Å². The molecule has 0 bridgehead atoms. The molecular formula is C17H16ClFN4O2. The molecule has 6 nitrogen and oxygen atoms in total. The van der Waals surface area contributed by atoms with Crippen molar-refractivity contribution in [1.29, 1.82) is 0 Å². The molecule has 0 saturated carbocycles. The van der Waals surface area contributed by atoms with Crippen LogP contribution in [0, 0.1) is 12.7 Å². The summed E-state index contributed by atoms with van der Waals surface area (Å²) in [7, 11) is 0. The number of ether oxygens (including phenoxy) is 1. The lowest BCUT2D eigenvalue weighted by molar-refractivity contribution is 0.300. The first kappa shape index (κ1) is 17.1. The van der Waals surface area contributed by atoms with E-state index in [9.17, 15) is 4.39 Å². The van der Waals surface area contributed by atoms with Crippen LogP contribution in [-0.2, 0) is 6.61 Å². The smallest absolute Gasteiger partial charge is 0.156 e. The fourth-order valence-electron chi connectivity index (χ4n) is 2.56. The summed E-state index contributed by atoms with van der Waals surface area (Å²) in [6.07, 6.45) is 0. The number of rotatable bonds is 5. The quantitative estimate of drug-likeness (QED) is 0.280. The number of hydrogen-bond donors (Lipinski definition) is 3. The van der Waals surface area contributed by atoms with Gasteiger partial charge in [-0.1, -0.05) is 17.7 Å². The predicted molar refractivity (Wildman–Crippen MR) is 94.7 cm³/mol. The summed E-state index contributed by atoms with van der Waals surface area (Å²) in [4.78, 5) is 0. The van der Waals surface area contributed by atoms with Crippen molar-refractivity contribution in [2.45, 2.75) is 13.5 Å². The highest BCUT2D eigenvalue weighted by atomic mass is 35.5. The summed E-state index contributed by atoms with van der Waals surface area (Å²) in [6, 6.07) is 9.70. The lowest BCUT2D eigenvalue weighted by Crippen LogP contribution is -2.23. The highest BCUT2D eigenvalue weighted by molar-refractivity contribution is 6.31. The third-order valence-corrected chi connectivity index (χ3v) is 4.08. The molecule has 1 heterocycles. The van der Waals surface area contributed by atoms with Crippen molar-refractivity contribution in [3.05, 3.63) is 64.1 Å². The van der Waals surface area contributed by atoms with Crippen molar-refractivity contribution in [1.82, 2.24) is 5.53 Å². The average Bonchev–Trinajstić information content (AvgIpc) is 2.89. The first-order chi connectivity index (χ1) is 12.0. The molecule has 0 spiro atoms. The topological polar surface area (TPSA) is 98.8 Å². The molecule has 3 rings (SSSR count). The fourth-order valence-corrected chi connectivity index (χ4v) is 2.78. The van der Waals surface area contributed by atoms with Gasteiger partial charge in [-0.15, -0.1) is 5.10 Å². The molecule has 5 N–H and O–H groups in total. The zero-order valence-electron chi connectivity index (χ0n) is 13.3. The van der Waals surface area contributed by atoms with E-state index in [1.165, 1.54) is 6.07 Å². The summed E-state index contributed by atoms with van der Waals surface area (Å²) in [6.45, 7) is 1.77. The number of hydrogen-bond acceptors (Lipinski definition) is 5. The normalized spacial score (nSPS) is 11.8. The summed E-state index contributed by atoms with van der Waals surface area (Å²) in [5.41, 5.74) is 9.60. The molecule has 8 heteroatoms. The van der Waals surface area contributed by atoms with Crippen molar-refractivity contribution >= 4 is 28.4 Å². The molecule has 0 aliphatic rings. The summed E-state index contributed by atoms with van der Waals surface area (Å²) in [5, 5.41) is 4.80. The van der Waals surface area contributed by atoms with Gasteiger partial charge in [0.2, 0.25) is 0 Å². The van der Waals surface area contributed by atoms with Crippen molar-refractivity contribution in [2.75, 3.05) is 0 Å². The molecule has 0 radical (unpaired) electrons. The molecule has 130 valence electrons. The number of benzene rings is 2. The maximum absolute atomic E-state index is 13.8. The maximum atomic E-state index is 13.8. The molecule has 0 unspecified atom stereocenters. The number of nitrogens with one attached hydrogen (secondary N) is 1. The van der Waals surface area contributed by atoms with Crippen molar-refractivity contribution in [2.24, 2.45) is 16.7 Å². The Labute approximate surface area is 148 Å². The zero-order valence-corrected chi connectivity index (χ0v) is 14.1. The molecule has 0 fully saturated rings. The Hall–Kier alpha value is -2.77. The van der Waals surface area contributed by atoms with E-state index in [1.54, 1.807) is 37.3 Å². The van der Waals surface area contributed by atoms with E-state index < -0.39 is 5.82 Å². The first-order valence-corrected chi connectivity index (χ1v) is 7.77. The van der Waals surface area contributed by atoms with Gasteiger partial charge in [-0.2, -0.15) is 0 Å². The van der Waals surface area contributed by atoms with Crippen LogP contribution in [0.5, 0.6) is 5.75 Å². The molecule has 0 amide bonds. The molecule has 0 aliphatic heterocycles. The number of hydrazine groups is 1. The van der Waals surface area contributed by atoms with Gasteiger partial charge in [-0.05, 0) is 37.3 Å². The standard InChI is InChI=1S/C17H16ClFN4O2/c1-9-16(17(20)22-23-21)11-7-10(5-6-15(11)25-9)24-8-12-13(18)3-2-4-14(12)19/h2-7,23H,8,21H2,1H3,(H2,20,22). The number of halogens is 2.